The summed E-state index contributed by atoms with van der Waals surface area (Å²) in [4.78, 5) is 12.1. The molecule has 0 bridgehead atoms. The number of nitrogens with one attached hydrogen (secondary N) is 1. The lowest BCUT2D eigenvalue weighted by Gasteiger charge is -2.21. The largest absolute Gasteiger partial charge is 0.444 e. The summed E-state index contributed by atoms with van der Waals surface area (Å²) in [7, 11) is 0. The van der Waals surface area contributed by atoms with Gasteiger partial charge in [-0.15, -0.1) is 0 Å². The number of benzene rings is 2. The monoisotopic (exact) mass is 335 g/mol. The molecule has 0 saturated heterocycles. The molecule has 0 aliphatic rings. The zero-order valence-corrected chi connectivity index (χ0v) is 15.1. The molecule has 3 heteroatoms. The van der Waals surface area contributed by atoms with Gasteiger partial charge in [0.15, 0.2) is 0 Å². The second kappa shape index (κ2) is 8.94. The van der Waals surface area contributed by atoms with Crippen molar-refractivity contribution < 1.29 is 9.53 Å². The predicted octanol–water partition coefficient (Wildman–Crippen LogP) is 4.56. The van der Waals surface area contributed by atoms with Crippen molar-refractivity contribution in [3.05, 3.63) is 71.8 Å². The molecule has 0 aromatic heterocycles. The van der Waals surface area contributed by atoms with Crippen LogP contribution in [0.15, 0.2) is 60.7 Å². The lowest BCUT2D eigenvalue weighted by Crippen LogP contribution is -2.38. The van der Waals surface area contributed by atoms with Crippen LogP contribution in [0.4, 0.5) is 4.79 Å². The van der Waals surface area contributed by atoms with Crippen LogP contribution in [0, 0.1) is 11.8 Å². The number of rotatable bonds is 4. The first-order valence-corrected chi connectivity index (χ1v) is 8.52. The zero-order valence-electron chi connectivity index (χ0n) is 15.1. The Labute approximate surface area is 150 Å². The van der Waals surface area contributed by atoms with Gasteiger partial charge < -0.3 is 10.1 Å². The van der Waals surface area contributed by atoms with Gasteiger partial charge in [0.25, 0.3) is 0 Å². The van der Waals surface area contributed by atoms with Crippen molar-refractivity contribution in [3.8, 4) is 11.8 Å². The van der Waals surface area contributed by atoms with Crippen molar-refractivity contribution in [1.82, 2.24) is 5.32 Å². The van der Waals surface area contributed by atoms with Crippen LogP contribution in [0.5, 0.6) is 0 Å². The SMILES string of the molecule is CC(C)(C)OC(=O)NC(C#Cc1ccccc1)CCc1ccccc1. The van der Waals surface area contributed by atoms with Gasteiger partial charge in [0, 0.05) is 5.56 Å². The van der Waals surface area contributed by atoms with Crippen molar-refractivity contribution in [2.45, 2.75) is 45.3 Å². The van der Waals surface area contributed by atoms with E-state index in [2.05, 4.69) is 29.3 Å². The molecule has 3 nitrogen and oxygen atoms in total. The Kier molecular flexibility index (Phi) is 6.65. The quantitative estimate of drug-likeness (QED) is 0.832. The van der Waals surface area contributed by atoms with Gasteiger partial charge in [0.2, 0.25) is 0 Å². The van der Waals surface area contributed by atoms with Crippen LogP contribution in [-0.2, 0) is 11.2 Å². The summed E-state index contributed by atoms with van der Waals surface area (Å²) >= 11 is 0. The van der Waals surface area contributed by atoms with E-state index in [4.69, 9.17) is 4.74 Å². The molecule has 2 aromatic carbocycles. The summed E-state index contributed by atoms with van der Waals surface area (Å²) in [6, 6.07) is 19.7. The molecule has 25 heavy (non-hydrogen) atoms. The second-order valence-corrected chi connectivity index (χ2v) is 6.86. The molecular formula is C22H25NO2. The normalized spacial score (nSPS) is 11.8. The topological polar surface area (TPSA) is 38.3 Å². The van der Waals surface area contributed by atoms with Crippen LogP contribution in [-0.4, -0.2) is 17.7 Å². The third-order valence-corrected chi connectivity index (χ3v) is 3.42. The Morgan fingerprint density at radius 2 is 1.64 bits per heavy atom. The summed E-state index contributed by atoms with van der Waals surface area (Å²) in [5.74, 6) is 6.29. The third kappa shape index (κ3) is 7.58. The Hall–Kier alpha value is -2.73. The minimum atomic E-state index is -0.527. The van der Waals surface area contributed by atoms with Crippen molar-refractivity contribution in [2.24, 2.45) is 0 Å². The average molecular weight is 335 g/mol. The highest BCUT2D eigenvalue weighted by Crippen LogP contribution is 2.09. The maximum Gasteiger partial charge on any atom is 0.408 e. The minimum Gasteiger partial charge on any atom is -0.444 e. The van der Waals surface area contributed by atoms with Gasteiger partial charge in [-0.3, -0.25) is 0 Å². The van der Waals surface area contributed by atoms with Crippen LogP contribution in [0.3, 0.4) is 0 Å². The van der Waals surface area contributed by atoms with Gasteiger partial charge in [-0.1, -0.05) is 60.4 Å². The molecule has 0 aliphatic heterocycles. The Bertz CT molecular complexity index is 721. The fraction of sp³-hybridized carbons (Fsp3) is 0.318. The van der Waals surface area contributed by atoms with E-state index in [1.165, 1.54) is 5.56 Å². The predicted molar refractivity (Wildman–Crippen MR) is 101 cm³/mol. The van der Waals surface area contributed by atoms with Crippen molar-refractivity contribution in [3.63, 3.8) is 0 Å². The lowest BCUT2D eigenvalue weighted by molar-refractivity contribution is 0.0514. The summed E-state index contributed by atoms with van der Waals surface area (Å²) in [6.45, 7) is 5.55. The van der Waals surface area contributed by atoms with Crippen molar-refractivity contribution in [1.29, 1.82) is 0 Å². The number of hydrogen-bond donors (Lipinski definition) is 1. The van der Waals surface area contributed by atoms with Crippen LogP contribution in [0.2, 0.25) is 0 Å². The van der Waals surface area contributed by atoms with Crippen LogP contribution < -0.4 is 5.32 Å². The number of amides is 1. The van der Waals surface area contributed by atoms with E-state index in [0.717, 1.165) is 18.4 Å². The van der Waals surface area contributed by atoms with E-state index in [-0.39, 0.29) is 6.04 Å². The molecule has 0 spiro atoms. The molecule has 2 aromatic rings. The summed E-state index contributed by atoms with van der Waals surface area (Å²) in [5, 5.41) is 2.88. The van der Waals surface area contributed by atoms with Gasteiger partial charge in [0.05, 0.1) is 6.04 Å². The lowest BCUT2D eigenvalue weighted by atomic mass is 10.1. The first-order chi connectivity index (χ1) is 11.9. The zero-order chi connectivity index (χ0) is 18.1. The molecule has 2 rings (SSSR count). The third-order valence-electron chi connectivity index (χ3n) is 3.42. The van der Waals surface area contributed by atoms with Gasteiger partial charge in [0.1, 0.15) is 5.60 Å². The van der Waals surface area contributed by atoms with E-state index in [9.17, 15) is 4.79 Å². The Morgan fingerprint density at radius 1 is 1.04 bits per heavy atom. The highest BCUT2D eigenvalue weighted by Gasteiger charge is 2.18. The maximum absolute atomic E-state index is 12.1. The van der Waals surface area contributed by atoms with Crippen LogP contribution in [0.25, 0.3) is 0 Å². The summed E-state index contributed by atoms with van der Waals surface area (Å²) in [5.41, 5.74) is 1.62. The minimum absolute atomic E-state index is 0.268. The van der Waals surface area contributed by atoms with E-state index in [1.807, 2.05) is 69.3 Å². The first kappa shape index (κ1) is 18.6. The molecule has 0 fully saturated rings. The fourth-order valence-electron chi connectivity index (χ4n) is 2.28. The van der Waals surface area contributed by atoms with E-state index in [1.54, 1.807) is 0 Å². The molecule has 130 valence electrons. The first-order valence-electron chi connectivity index (χ1n) is 8.52. The van der Waals surface area contributed by atoms with Gasteiger partial charge in [-0.2, -0.15) is 0 Å². The Balaban J connectivity index is 2.05. The van der Waals surface area contributed by atoms with E-state index < -0.39 is 11.7 Å². The highest BCUT2D eigenvalue weighted by molar-refractivity contribution is 5.68. The summed E-state index contributed by atoms with van der Waals surface area (Å²) in [6.07, 6.45) is 1.13. The number of carbonyl (C=O) groups is 1. The molecule has 1 amide bonds. The number of hydrogen-bond acceptors (Lipinski definition) is 2. The molecule has 0 saturated carbocycles. The van der Waals surface area contributed by atoms with Gasteiger partial charge in [-0.05, 0) is 51.3 Å². The number of carbonyl (C=O) groups excluding carboxylic acids is 1. The molecule has 1 N–H and O–H groups in total. The smallest absolute Gasteiger partial charge is 0.408 e. The van der Waals surface area contributed by atoms with Crippen LogP contribution >= 0.6 is 0 Å². The molecule has 1 unspecified atom stereocenters. The second-order valence-electron chi connectivity index (χ2n) is 6.86. The van der Waals surface area contributed by atoms with Crippen molar-refractivity contribution in [2.75, 3.05) is 0 Å². The number of ether oxygens (including phenoxy) is 1. The fourth-order valence-corrected chi connectivity index (χ4v) is 2.28. The number of aryl methyl sites for hydroxylation is 1. The van der Waals surface area contributed by atoms with Crippen LogP contribution in [0.1, 0.15) is 38.3 Å². The molecule has 0 aliphatic carbocycles. The number of alkyl carbamates (subject to hydrolysis) is 1. The molecular weight excluding hydrogens is 310 g/mol. The molecule has 0 radical (unpaired) electrons. The van der Waals surface area contributed by atoms with Crippen molar-refractivity contribution >= 4 is 6.09 Å². The van der Waals surface area contributed by atoms with Gasteiger partial charge in [-0.25, -0.2) is 4.79 Å². The van der Waals surface area contributed by atoms with Gasteiger partial charge >= 0.3 is 6.09 Å². The summed E-state index contributed by atoms with van der Waals surface area (Å²) < 4.78 is 5.35. The molecule has 1 atom stereocenters. The Morgan fingerprint density at radius 3 is 2.24 bits per heavy atom. The molecule has 0 heterocycles. The highest BCUT2D eigenvalue weighted by atomic mass is 16.6. The maximum atomic E-state index is 12.1. The van der Waals surface area contributed by atoms with E-state index >= 15 is 0 Å². The average Bonchev–Trinajstić information content (AvgIpc) is 2.57. The van der Waals surface area contributed by atoms with E-state index in [0.29, 0.717) is 0 Å². The standard InChI is InChI=1S/C22H25NO2/c1-22(2,3)25-21(24)23-20(16-14-18-10-6-4-7-11-18)17-15-19-12-8-5-9-13-19/h4-13,20H,14,16H2,1-3H3,(H,23,24).